The summed E-state index contributed by atoms with van der Waals surface area (Å²) >= 11 is 1.44. The molecule has 0 fully saturated rings. The molecule has 0 aliphatic carbocycles. The molecule has 2 aromatic rings. The van der Waals surface area contributed by atoms with Crippen LogP contribution < -0.4 is 10.6 Å². The van der Waals surface area contributed by atoms with Crippen molar-refractivity contribution in [3.63, 3.8) is 0 Å². The summed E-state index contributed by atoms with van der Waals surface area (Å²) in [5, 5.41) is 6.53. The zero-order chi connectivity index (χ0) is 13.7. The standard InChI is InChI=1S/C13H16N4OS/c1-3-6-14-10-4-5-11(15-8-10)12(18)17-13-16-7-9(2)19-13/h4-5,7-8,14H,3,6H2,1-2H3,(H,16,17,18). The summed E-state index contributed by atoms with van der Waals surface area (Å²) in [6.07, 6.45) is 4.44. The Balaban J connectivity index is 1.99. The molecule has 19 heavy (non-hydrogen) atoms. The maximum Gasteiger partial charge on any atom is 0.276 e. The van der Waals surface area contributed by atoms with Crippen LogP contribution in [0.15, 0.2) is 24.5 Å². The predicted octanol–water partition coefficient (Wildman–Crippen LogP) is 2.92. The summed E-state index contributed by atoms with van der Waals surface area (Å²) in [4.78, 5) is 21.2. The van der Waals surface area contributed by atoms with Gasteiger partial charge in [0.1, 0.15) is 5.69 Å². The van der Waals surface area contributed by atoms with Crippen LogP contribution in [0, 0.1) is 6.92 Å². The molecular weight excluding hydrogens is 260 g/mol. The summed E-state index contributed by atoms with van der Waals surface area (Å²) in [5.41, 5.74) is 1.30. The molecule has 2 N–H and O–H groups in total. The van der Waals surface area contributed by atoms with E-state index in [9.17, 15) is 4.79 Å². The molecule has 2 heterocycles. The predicted molar refractivity (Wildman–Crippen MR) is 77.8 cm³/mol. The van der Waals surface area contributed by atoms with Gasteiger partial charge in [-0.1, -0.05) is 6.92 Å². The molecule has 0 saturated heterocycles. The molecule has 0 bridgehead atoms. The highest BCUT2D eigenvalue weighted by molar-refractivity contribution is 7.15. The zero-order valence-electron chi connectivity index (χ0n) is 10.9. The lowest BCUT2D eigenvalue weighted by Gasteiger charge is -2.05. The van der Waals surface area contributed by atoms with Crippen LogP contribution in [0.5, 0.6) is 0 Å². The molecule has 1 amide bonds. The minimum Gasteiger partial charge on any atom is -0.384 e. The minimum atomic E-state index is -0.239. The van der Waals surface area contributed by atoms with Crippen molar-refractivity contribution in [2.24, 2.45) is 0 Å². The van der Waals surface area contributed by atoms with Gasteiger partial charge in [-0.05, 0) is 25.5 Å². The first-order chi connectivity index (χ1) is 9.19. The summed E-state index contributed by atoms with van der Waals surface area (Å²) in [6, 6.07) is 3.55. The molecule has 0 aromatic carbocycles. The number of nitrogens with one attached hydrogen (secondary N) is 2. The Morgan fingerprint density at radius 2 is 2.16 bits per heavy atom. The molecule has 0 atom stereocenters. The summed E-state index contributed by atoms with van der Waals surface area (Å²) in [6.45, 7) is 4.93. The average molecular weight is 276 g/mol. The number of hydrogen-bond acceptors (Lipinski definition) is 5. The Kier molecular flexibility index (Phi) is 4.46. The number of aryl methyl sites for hydroxylation is 1. The first-order valence-corrected chi connectivity index (χ1v) is 6.94. The fourth-order valence-corrected chi connectivity index (χ4v) is 2.14. The molecular formula is C13H16N4OS. The summed E-state index contributed by atoms with van der Waals surface area (Å²) in [7, 11) is 0. The molecule has 5 nitrogen and oxygen atoms in total. The second kappa shape index (κ2) is 6.29. The van der Waals surface area contributed by atoms with Gasteiger partial charge in [0.25, 0.3) is 5.91 Å². The van der Waals surface area contributed by atoms with Crippen LogP contribution in [0.4, 0.5) is 10.8 Å². The number of hydrogen-bond donors (Lipinski definition) is 2. The second-order valence-electron chi connectivity index (χ2n) is 4.09. The molecule has 6 heteroatoms. The van der Waals surface area contributed by atoms with Gasteiger partial charge in [0.2, 0.25) is 0 Å². The van der Waals surface area contributed by atoms with E-state index in [1.165, 1.54) is 11.3 Å². The second-order valence-corrected chi connectivity index (χ2v) is 5.32. The smallest absolute Gasteiger partial charge is 0.276 e. The number of carbonyl (C=O) groups is 1. The van der Waals surface area contributed by atoms with E-state index < -0.39 is 0 Å². The van der Waals surface area contributed by atoms with Crippen molar-refractivity contribution in [3.8, 4) is 0 Å². The van der Waals surface area contributed by atoms with Gasteiger partial charge in [0.05, 0.1) is 11.9 Å². The normalized spacial score (nSPS) is 10.2. The van der Waals surface area contributed by atoms with Crippen molar-refractivity contribution in [1.29, 1.82) is 0 Å². The van der Waals surface area contributed by atoms with E-state index in [0.29, 0.717) is 10.8 Å². The van der Waals surface area contributed by atoms with Gasteiger partial charge in [0, 0.05) is 17.6 Å². The van der Waals surface area contributed by atoms with E-state index in [4.69, 9.17) is 0 Å². The van der Waals surface area contributed by atoms with E-state index in [0.717, 1.165) is 23.5 Å². The number of anilines is 2. The quantitative estimate of drug-likeness (QED) is 0.881. The van der Waals surface area contributed by atoms with Gasteiger partial charge in [-0.25, -0.2) is 9.97 Å². The first kappa shape index (κ1) is 13.5. The number of amides is 1. The van der Waals surface area contributed by atoms with Crippen molar-refractivity contribution in [2.75, 3.05) is 17.2 Å². The Labute approximate surface area is 116 Å². The Bertz CT molecular complexity index is 550. The lowest BCUT2D eigenvalue weighted by molar-refractivity contribution is 0.102. The maximum absolute atomic E-state index is 11.9. The van der Waals surface area contributed by atoms with Crippen LogP contribution in [-0.2, 0) is 0 Å². The summed E-state index contributed by atoms with van der Waals surface area (Å²) < 4.78 is 0. The van der Waals surface area contributed by atoms with Crippen molar-refractivity contribution < 1.29 is 4.79 Å². The molecule has 0 aliphatic heterocycles. The fourth-order valence-electron chi connectivity index (χ4n) is 1.48. The molecule has 100 valence electrons. The van der Waals surface area contributed by atoms with E-state index in [1.807, 2.05) is 13.0 Å². The van der Waals surface area contributed by atoms with Gasteiger partial charge < -0.3 is 5.32 Å². The highest BCUT2D eigenvalue weighted by Crippen LogP contribution is 2.17. The Hall–Kier alpha value is -1.95. The highest BCUT2D eigenvalue weighted by Gasteiger charge is 2.09. The number of carbonyl (C=O) groups excluding carboxylic acids is 1. The van der Waals surface area contributed by atoms with Crippen LogP contribution in [-0.4, -0.2) is 22.4 Å². The Morgan fingerprint density at radius 1 is 1.32 bits per heavy atom. The third-order valence-electron chi connectivity index (χ3n) is 2.42. The van der Waals surface area contributed by atoms with E-state index in [2.05, 4.69) is 27.5 Å². The van der Waals surface area contributed by atoms with Gasteiger partial charge in [-0.2, -0.15) is 0 Å². The van der Waals surface area contributed by atoms with Crippen LogP contribution >= 0.6 is 11.3 Å². The SMILES string of the molecule is CCCNc1ccc(C(=O)Nc2ncc(C)s2)nc1. The number of nitrogens with zero attached hydrogens (tertiary/aromatic N) is 2. The van der Waals surface area contributed by atoms with Gasteiger partial charge in [0.15, 0.2) is 5.13 Å². The fraction of sp³-hybridized carbons (Fsp3) is 0.308. The minimum absolute atomic E-state index is 0.239. The van der Waals surface area contributed by atoms with Crippen LogP contribution in [0.25, 0.3) is 0 Å². The lowest BCUT2D eigenvalue weighted by atomic mass is 10.3. The zero-order valence-corrected chi connectivity index (χ0v) is 11.8. The van der Waals surface area contributed by atoms with Gasteiger partial charge >= 0.3 is 0 Å². The number of aromatic nitrogens is 2. The van der Waals surface area contributed by atoms with E-state index in [1.54, 1.807) is 18.5 Å². The molecule has 2 rings (SSSR count). The molecule has 0 saturated carbocycles. The van der Waals surface area contributed by atoms with Crippen LogP contribution in [0.3, 0.4) is 0 Å². The molecule has 2 aromatic heterocycles. The largest absolute Gasteiger partial charge is 0.384 e. The van der Waals surface area contributed by atoms with E-state index in [-0.39, 0.29) is 5.91 Å². The number of thiazole rings is 1. The Morgan fingerprint density at radius 3 is 2.74 bits per heavy atom. The summed E-state index contributed by atoms with van der Waals surface area (Å²) in [5.74, 6) is -0.239. The third kappa shape index (κ3) is 3.75. The van der Waals surface area contributed by atoms with Gasteiger partial charge in [-0.15, -0.1) is 11.3 Å². The highest BCUT2D eigenvalue weighted by atomic mass is 32.1. The van der Waals surface area contributed by atoms with Crippen molar-refractivity contribution in [1.82, 2.24) is 9.97 Å². The van der Waals surface area contributed by atoms with Crippen molar-refractivity contribution in [2.45, 2.75) is 20.3 Å². The maximum atomic E-state index is 11.9. The van der Waals surface area contributed by atoms with Crippen molar-refractivity contribution >= 4 is 28.1 Å². The molecule has 0 unspecified atom stereocenters. The van der Waals surface area contributed by atoms with Crippen LogP contribution in [0.1, 0.15) is 28.7 Å². The number of pyridine rings is 1. The molecule has 0 aliphatic rings. The third-order valence-corrected chi connectivity index (χ3v) is 3.25. The molecule has 0 radical (unpaired) electrons. The first-order valence-electron chi connectivity index (χ1n) is 6.12. The number of rotatable bonds is 5. The van der Waals surface area contributed by atoms with Crippen molar-refractivity contribution in [3.05, 3.63) is 35.1 Å². The van der Waals surface area contributed by atoms with Crippen LogP contribution in [0.2, 0.25) is 0 Å². The van der Waals surface area contributed by atoms with Gasteiger partial charge in [-0.3, -0.25) is 10.1 Å². The molecule has 0 spiro atoms. The average Bonchev–Trinajstić information content (AvgIpc) is 2.82. The van der Waals surface area contributed by atoms with E-state index >= 15 is 0 Å². The lowest BCUT2D eigenvalue weighted by Crippen LogP contribution is -2.13. The topological polar surface area (TPSA) is 66.9 Å². The monoisotopic (exact) mass is 276 g/mol.